The summed E-state index contributed by atoms with van der Waals surface area (Å²) in [5, 5.41) is 2.63. The monoisotopic (exact) mass is 179 g/mol. The van der Waals surface area contributed by atoms with E-state index in [9.17, 15) is 4.79 Å². The van der Waals surface area contributed by atoms with Gasteiger partial charge in [-0.25, -0.2) is 0 Å². The van der Waals surface area contributed by atoms with E-state index in [0.717, 1.165) is 5.75 Å². The zero-order valence-electron chi connectivity index (χ0n) is 7.78. The SMILES string of the molecule is CC(=O)NC(C)Oc1ccccc1. The lowest BCUT2D eigenvalue weighted by Crippen LogP contribution is -2.34. The number of hydrogen-bond acceptors (Lipinski definition) is 2. The van der Waals surface area contributed by atoms with Crippen molar-refractivity contribution in [3.8, 4) is 5.75 Å². The normalized spacial score (nSPS) is 11.8. The molecule has 0 saturated carbocycles. The largest absolute Gasteiger partial charge is 0.471 e. The molecule has 0 bridgehead atoms. The Morgan fingerprint density at radius 2 is 2.00 bits per heavy atom. The zero-order chi connectivity index (χ0) is 9.68. The van der Waals surface area contributed by atoms with Crippen molar-refractivity contribution in [1.29, 1.82) is 0 Å². The first-order chi connectivity index (χ1) is 6.18. The van der Waals surface area contributed by atoms with E-state index in [0.29, 0.717) is 0 Å². The van der Waals surface area contributed by atoms with Gasteiger partial charge in [-0.3, -0.25) is 4.79 Å². The van der Waals surface area contributed by atoms with Crippen LogP contribution in [0.4, 0.5) is 0 Å². The fraction of sp³-hybridized carbons (Fsp3) is 0.300. The molecule has 0 aliphatic heterocycles. The standard InChI is InChI=1S/C10H13NO2/c1-8(12)11-9(2)13-10-6-4-3-5-7-10/h3-7,9H,1-2H3,(H,11,12). The third-order valence-electron chi connectivity index (χ3n) is 1.46. The van der Waals surface area contributed by atoms with Crippen LogP contribution in [-0.2, 0) is 4.79 Å². The fourth-order valence-electron chi connectivity index (χ4n) is 1.02. The molecule has 0 spiro atoms. The lowest BCUT2D eigenvalue weighted by atomic mass is 10.3. The first-order valence-corrected chi connectivity index (χ1v) is 4.17. The molecule has 0 heterocycles. The first-order valence-electron chi connectivity index (χ1n) is 4.17. The van der Waals surface area contributed by atoms with Gasteiger partial charge in [0.15, 0.2) is 6.23 Å². The second-order valence-electron chi connectivity index (χ2n) is 2.77. The fourth-order valence-corrected chi connectivity index (χ4v) is 1.02. The van der Waals surface area contributed by atoms with Crippen molar-refractivity contribution in [3.05, 3.63) is 30.3 Å². The van der Waals surface area contributed by atoms with Crippen LogP contribution in [0.25, 0.3) is 0 Å². The van der Waals surface area contributed by atoms with Gasteiger partial charge in [0.05, 0.1) is 0 Å². The minimum Gasteiger partial charge on any atom is -0.471 e. The third kappa shape index (κ3) is 3.60. The molecule has 0 aromatic heterocycles. The number of rotatable bonds is 3. The summed E-state index contributed by atoms with van der Waals surface area (Å²) in [5.74, 6) is 0.659. The molecule has 0 fully saturated rings. The summed E-state index contributed by atoms with van der Waals surface area (Å²) in [6.45, 7) is 3.25. The molecule has 3 nitrogen and oxygen atoms in total. The van der Waals surface area contributed by atoms with Crippen molar-refractivity contribution in [1.82, 2.24) is 5.32 Å². The van der Waals surface area contributed by atoms with Gasteiger partial charge in [-0.2, -0.15) is 0 Å². The second kappa shape index (κ2) is 4.50. The van der Waals surface area contributed by atoms with Crippen LogP contribution in [0.5, 0.6) is 5.75 Å². The summed E-state index contributed by atoms with van der Waals surface area (Å²) in [4.78, 5) is 10.7. The summed E-state index contributed by atoms with van der Waals surface area (Å²) in [6, 6.07) is 9.37. The van der Waals surface area contributed by atoms with E-state index in [-0.39, 0.29) is 12.1 Å². The van der Waals surface area contributed by atoms with E-state index >= 15 is 0 Å². The maximum Gasteiger partial charge on any atom is 0.219 e. The zero-order valence-corrected chi connectivity index (χ0v) is 7.78. The molecule has 1 atom stereocenters. The molecule has 0 aliphatic rings. The number of nitrogens with one attached hydrogen (secondary N) is 1. The van der Waals surface area contributed by atoms with Crippen LogP contribution >= 0.6 is 0 Å². The van der Waals surface area contributed by atoms with Crippen LogP contribution in [-0.4, -0.2) is 12.1 Å². The van der Waals surface area contributed by atoms with E-state index < -0.39 is 0 Å². The Morgan fingerprint density at radius 1 is 1.38 bits per heavy atom. The molecular weight excluding hydrogens is 166 g/mol. The molecule has 1 rings (SSSR count). The van der Waals surface area contributed by atoms with Gasteiger partial charge in [-0.1, -0.05) is 18.2 Å². The van der Waals surface area contributed by atoms with E-state index in [1.54, 1.807) is 6.92 Å². The highest BCUT2D eigenvalue weighted by atomic mass is 16.5. The predicted molar refractivity (Wildman–Crippen MR) is 50.3 cm³/mol. The van der Waals surface area contributed by atoms with Crippen LogP contribution in [0.2, 0.25) is 0 Å². The van der Waals surface area contributed by atoms with Gasteiger partial charge < -0.3 is 10.1 Å². The summed E-state index contributed by atoms with van der Waals surface area (Å²) in [7, 11) is 0. The molecule has 1 aromatic rings. The molecule has 3 heteroatoms. The first kappa shape index (κ1) is 9.58. The van der Waals surface area contributed by atoms with Crippen molar-refractivity contribution in [2.75, 3.05) is 0 Å². The molecule has 0 radical (unpaired) electrons. The van der Waals surface area contributed by atoms with Crippen LogP contribution < -0.4 is 10.1 Å². The molecule has 1 unspecified atom stereocenters. The lowest BCUT2D eigenvalue weighted by molar-refractivity contribution is -0.121. The van der Waals surface area contributed by atoms with Gasteiger partial charge in [0.2, 0.25) is 5.91 Å². The van der Waals surface area contributed by atoms with Crippen LogP contribution in [0.15, 0.2) is 30.3 Å². The molecule has 0 saturated heterocycles. The minimum atomic E-state index is -0.292. The third-order valence-corrected chi connectivity index (χ3v) is 1.46. The molecule has 70 valence electrons. The van der Waals surface area contributed by atoms with Crippen molar-refractivity contribution in [3.63, 3.8) is 0 Å². The van der Waals surface area contributed by atoms with Crippen LogP contribution in [0, 0.1) is 0 Å². The number of para-hydroxylation sites is 1. The number of carbonyl (C=O) groups is 1. The van der Waals surface area contributed by atoms with Gasteiger partial charge in [0.25, 0.3) is 0 Å². The topological polar surface area (TPSA) is 38.3 Å². The van der Waals surface area contributed by atoms with E-state index in [4.69, 9.17) is 4.74 Å². The number of ether oxygens (including phenoxy) is 1. The van der Waals surface area contributed by atoms with Crippen LogP contribution in [0.1, 0.15) is 13.8 Å². The van der Waals surface area contributed by atoms with Gasteiger partial charge in [0, 0.05) is 6.92 Å². The Hall–Kier alpha value is -1.51. The Kier molecular flexibility index (Phi) is 3.31. The Balaban J connectivity index is 2.45. The number of benzene rings is 1. The van der Waals surface area contributed by atoms with Crippen molar-refractivity contribution in [2.45, 2.75) is 20.1 Å². The highest BCUT2D eigenvalue weighted by molar-refractivity contribution is 5.72. The number of amides is 1. The number of carbonyl (C=O) groups excluding carboxylic acids is 1. The quantitative estimate of drug-likeness (QED) is 0.715. The summed E-state index contributed by atoms with van der Waals surface area (Å²) in [5.41, 5.74) is 0. The van der Waals surface area contributed by atoms with Gasteiger partial charge in [0.1, 0.15) is 5.75 Å². The Morgan fingerprint density at radius 3 is 2.54 bits per heavy atom. The van der Waals surface area contributed by atoms with Crippen molar-refractivity contribution in [2.24, 2.45) is 0 Å². The van der Waals surface area contributed by atoms with Crippen LogP contribution in [0.3, 0.4) is 0 Å². The predicted octanol–water partition coefficient (Wildman–Crippen LogP) is 1.55. The second-order valence-corrected chi connectivity index (χ2v) is 2.77. The van der Waals surface area contributed by atoms with Crippen molar-refractivity contribution < 1.29 is 9.53 Å². The lowest BCUT2D eigenvalue weighted by Gasteiger charge is -2.14. The number of hydrogen-bond donors (Lipinski definition) is 1. The highest BCUT2D eigenvalue weighted by Crippen LogP contribution is 2.09. The maximum absolute atomic E-state index is 10.7. The summed E-state index contributed by atoms with van der Waals surface area (Å²) >= 11 is 0. The molecule has 1 aromatic carbocycles. The minimum absolute atomic E-state index is 0.0940. The highest BCUT2D eigenvalue weighted by Gasteiger charge is 2.03. The van der Waals surface area contributed by atoms with E-state index in [1.807, 2.05) is 30.3 Å². The van der Waals surface area contributed by atoms with E-state index in [2.05, 4.69) is 5.32 Å². The summed E-state index contributed by atoms with van der Waals surface area (Å²) in [6.07, 6.45) is -0.292. The average molecular weight is 179 g/mol. The Labute approximate surface area is 77.7 Å². The molecule has 1 N–H and O–H groups in total. The average Bonchev–Trinajstić information content (AvgIpc) is 2.04. The molecule has 0 aliphatic carbocycles. The Bertz CT molecular complexity index is 272. The van der Waals surface area contributed by atoms with Crippen molar-refractivity contribution >= 4 is 5.91 Å². The van der Waals surface area contributed by atoms with Gasteiger partial charge >= 0.3 is 0 Å². The molecular formula is C10H13NO2. The maximum atomic E-state index is 10.7. The smallest absolute Gasteiger partial charge is 0.219 e. The van der Waals surface area contributed by atoms with Gasteiger partial charge in [-0.15, -0.1) is 0 Å². The van der Waals surface area contributed by atoms with E-state index in [1.165, 1.54) is 6.92 Å². The molecule has 1 amide bonds. The molecule has 13 heavy (non-hydrogen) atoms. The van der Waals surface area contributed by atoms with Gasteiger partial charge in [-0.05, 0) is 19.1 Å². The summed E-state index contributed by atoms with van der Waals surface area (Å²) < 4.78 is 5.39.